The SMILES string of the molecule is CCC(C)C(=O)Nc1cccc(Nc2ncnc(N3CCC(OCc4ccccc4)CC3)n2)c1. The fourth-order valence-electron chi connectivity index (χ4n) is 3.77. The third kappa shape index (κ3) is 6.51. The van der Waals surface area contributed by atoms with Crippen LogP contribution in [0.15, 0.2) is 60.9 Å². The van der Waals surface area contributed by atoms with Crippen molar-refractivity contribution in [3.8, 4) is 0 Å². The van der Waals surface area contributed by atoms with Crippen molar-refractivity contribution < 1.29 is 9.53 Å². The average molecular weight is 461 g/mol. The third-order valence-corrected chi connectivity index (χ3v) is 6.06. The molecule has 1 amide bonds. The van der Waals surface area contributed by atoms with E-state index in [9.17, 15) is 4.79 Å². The summed E-state index contributed by atoms with van der Waals surface area (Å²) in [6.45, 7) is 6.23. The Bertz CT molecular complexity index is 1070. The van der Waals surface area contributed by atoms with Crippen molar-refractivity contribution in [2.75, 3.05) is 28.6 Å². The van der Waals surface area contributed by atoms with E-state index >= 15 is 0 Å². The molecule has 1 aliphatic heterocycles. The highest BCUT2D eigenvalue weighted by molar-refractivity contribution is 5.92. The van der Waals surface area contributed by atoms with Crippen LogP contribution in [0.2, 0.25) is 0 Å². The molecule has 1 unspecified atom stereocenters. The molecule has 1 saturated heterocycles. The molecule has 2 N–H and O–H groups in total. The molecule has 0 saturated carbocycles. The van der Waals surface area contributed by atoms with Gasteiger partial charge in [0.25, 0.3) is 0 Å². The van der Waals surface area contributed by atoms with Crippen molar-refractivity contribution in [1.29, 1.82) is 0 Å². The molecule has 0 radical (unpaired) electrons. The minimum Gasteiger partial charge on any atom is -0.373 e. The van der Waals surface area contributed by atoms with E-state index in [1.807, 2.05) is 56.3 Å². The summed E-state index contributed by atoms with van der Waals surface area (Å²) in [6, 6.07) is 17.8. The molecular weight excluding hydrogens is 428 g/mol. The van der Waals surface area contributed by atoms with Crippen molar-refractivity contribution in [3.05, 3.63) is 66.5 Å². The number of amides is 1. The predicted octanol–water partition coefficient (Wildman–Crippen LogP) is 4.79. The maximum atomic E-state index is 12.2. The maximum absolute atomic E-state index is 12.2. The van der Waals surface area contributed by atoms with Crippen molar-refractivity contribution in [2.45, 2.75) is 45.8 Å². The van der Waals surface area contributed by atoms with E-state index in [-0.39, 0.29) is 17.9 Å². The van der Waals surface area contributed by atoms with E-state index in [4.69, 9.17) is 4.74 Å². The molecule has 2 heterocycles. The van der Waals surface area contributed by atoms with Gasteiger partial charge in [-0.3, -0.25) is 4.79 Å². The van der Waals surface area contributed by atoms with Gasteiger partial charge in [-0.25, -0.2) is 9.97 Å². The summed E-state index contributed by atoms with van der Waals surface area (Å²) in [5.74, 6) is 1.10. The molecule has 2 aromatic carbocycles. The highest BCUT2D eigenvalue weighted by Gasteiger charge is 2.22. The van der Waals surface area contributed by atoms with Crippen LogP contribution < -0.4 is 15.5 Å². The molecule has 34 heavy (non-hydrogen) atoms. The van der Waals surface area contributed by atoms with Gasteiger partial charge in [0.1, 0.15) is 6.33 Å². The minimum atomic E-state index is -0.0319. The summed E-state index contributed by atoms with van der Waals surface area (Å²) in [5, 5.41) is 6.18. The number of piperidine rings is 1. The Labute approximate surface area is 200 Å². The molecule has 1 aromatic heterocycles. The van der Waals surface area contributed by atoms with Crippen LogP contribution in [-0.2, 0) is 16.1 Å². The second-order valence-electron chi connectivity index (χ2n) is 8.60. The standard InChI is InChI=1S/C26H32N6O2/c1-3-19(2)24(33)29-21-10-7-11-22(16-21)30-25-27-18-28-26(31-25)32-14-12-23(13-15-32)34-17-20-8-5-4-6-9-20/h4-11,16,18-19,23H,3,12-15,17H2,1-2H3,(H,29,33)(H,27,28,30,31). The molecule has 0 spiro atoms. The lowest BCUT2D eigenvalue weighted by atomic mass is 10.1. The lowest BCUT2D eigenvalue weighted by Gasteiger charge is -2.31. The van der Waals surface area contributed by atoms with Gasteiger partial charge in [0, 0.05) is 30.4 Å². The normalized spacial score (nSPS) is 15.1. The number of nitrogens with zero attached hydrogens (tertiary/aromatic N) is 4. The Morgan fingerprint density at radius 1 is 1.09 bits per heavy atom. The quantitative estimate of drug-likeness (QED) is 0.474. The van der Waals surface area contributed by atoms with Crippen LogP contribution in [0.5, 0.6) is 0 Å². The number of benzene rings is 2. The first kappa shape index (κ1) is 23.6. The first-order valence-corrected chi connectivity index (χ1v) is 11.9. The molecule has 3 aromatic rings. The van der Waals surface area contributed by atoms with Crippen LogP contribution in [0.4, 0.5) is 23.3 Å². The zero-order valence-electron chi connectivity index (χ0n) is 19.8. The van der Waals surface area contributed by atoms with E-state index in [1.165, 1.54) is 11.9 Å². The summed E-state index contributed by atoms with van der Waals surface area (Å²) in [7, 11) is 0. The zero-order valence-corrected chi connectivity index (χ0v) is 19.8. The smallest absolute Gasteiger partial charge is 0.231 e. The van der Waals surface area contributed by atoms with E-state index in [2.05, 4.69) is 42.6 Å². The Balaban J connectivity index is 1.31. The van der Waals surface area contributed by atoms with Crippen molar-refractivity contribution in [2.24, 2.45) is 5.92 Å². The highest BCUT2D eigenvalue weighted by Crippen LogP contribution is 2.22. The number of aromatic nitrogens is 3. The molecule has 1 fully saturated rings. The molecule has 0 bridgehead atoms. The zero-order chi connectivity index (χ0) is 23.8. The Kier molecular flexibility index (Phi) is 8.04. The molecule has 1 aliphatic rings. The van der Waals surface area contributed by atoms with Gasteiger partial charge in [-0.2, -0.15) is 4.98 Å². The Morgan fingerprint density at radius 3 is 2.62 bits per heavy atom. The van der Waals surface area contributed by atoms with E-state index in [1.54, 1.807) is 0 Å². The van der Waals surface area contributed by atoms with Gasteiger partial charge in [-0.15, -0.1) is 0 Å². The number of hydrogen-bond acceptors (Lipinski definition) is 7. The number of carbonyl (C=O) groups excluding carboxylic acids is 1. The van der Waals surface area contributed by atoms with Gasteiger partial charge < -0.3 is 20.3 Å². The second kappa shape index (κ2) is 11.6. The molecule has 4 rings (SSSR count). The van der Waals surface area contributed by atoms with Gasteiger partial charge in [0.05, 0.1) is 12.7 Å². The highest BCUT2D eigenvalue weighted by atomic mass is 16.5. The second-order valence-corrected chi connectivity index (χ2v) is 8.60. The van der Waals surface area contributed by atoms with Crippen LogP contribution in [0.25, 0.3) is 0 Å². The molecule has 8 nitrogen and oxygen atoms in total. The first-order chi connectivity index (χ1) is 16.6. The molecular formula is C26H32N6O2. The molecule has 0 aliphatic carbocycles. The average Bonchev–Trinajstić information content (AvgIpc) is 2.88. The van der Waals surface area contributed by atoms with Crippen molar-refractivity contribution >= 4 is 29.2 Å². The van der Waals surface area contributed by atoms with Crippen LogP contribution in [0.1, 0.15) is 38.7 Å². The number of nitrogens with one attached hydrogen (secondary N) is 2. The Morgan fingerprint density at radius 2 is 1.85 bits per heavy atom. The number of hydrogen-bond donors (Lipinski definition) is 2. The van der Waals surface area contributed by atoms with Crippen LogP contribution >= 0.6 is 0 Å². The van der Waals surface area contributed by atoms with Crippen molar-refractivity contribution in [1.82, 2.24) is 15.0 Å². The molecule has 178 valence electrons. The minimum absolute atomic E-state index is 0.0123. The van der Waals surface area contributed by atoms with Crippen molar-refractivity contribution in [3.63, 3.8) is 0 Å². The van der Waals surface area contributed by atoms with Crippen LogP contribution in [-0.4, -0.2) is 40.1 Å². The van der Waals surface area contributed by atoms with Gasteiger partial charge in [0.15, 0.2) is 0 Å². The first-order valence-electron chi connectivity index (χ1n) is 11.9. The van der Waals surface area contributed by atoms with Gasteiger partial charge in [-0.05, 0) is 43.0 Å². The molecule has 1 atom stereocenters. The van der Waals surface area contributed by atoms with E-state index in [0.29, 0.717) is 18.5 Å². The Hall–Kier alpha value is -3.52. The molecule has 8 heteroatoms. The number of carbonyl (C=O) groups is 1. The fraction of sp³-hybridized carbons (Fsp3) is 0.385. The third-order valence-electron chi connectivity index (χ3n) is 6.06. The van der Waals surface area contributed by atoms with Gasteiger partial charge in [-0.1, -0.05) is 50.2 Å². The van der Waals surface area contributed by atoms with Crippen LogP contribution in [0, 0.1) is 5.92 Å². The van der Waals surface area contributed by atoms with E-state index < -0.39 is 0 Å². The topological polar surface area (TPSA) is 92.3 Å². The maximum Gasteiger partial charge on any atom is 0.231 e. The fourth-order valence-corrected chi connectivity index (χ4v) is 3.77. The summed E-state index contributed by atoms with van der Waals surface area (Å²) in [5.41, 5.74) is 2.73. The number of rotatable bonds is 9. The van der Waals surface area contributed by atoms with Crippen LogP contribution in [0.3, 0.4) is 0 Å². The van der Waals surface area contributed by atoms with Gasteiger partial charge in [0.2, 0.25) is 17.8 Å². The number of anilines is 4. The summed E-state index contributed by atoms with van der Waals surface area (Å²) in [6.07, 6.45) is 4.42. The number of ether oxygens (including phenoxy) is 1. The summed E-state index contributed by atoms with van der Waals surface area (Å²) < 4.78 is 6.09. The summed E-state index contributed by atoms with van der Waals surface area (Å²) >= 11 is 0. The monoisotopic (exact) mass is 460 g/mol. The van der Waals surface area contributed by atoms with Gasteiger partial charge >= 0.3 is 0 Å². The lowest BCUT2D eigenvalue weighted by Crippen LogP contribution is -2.38. The predicted molar refractivity (Wildman–Crippen MR) is 134 cm³/mol. The largest absolute Gasteiger partial charge is 0.373 e. The van der Waals surface area contributed by atoms with E-state index in [0.717, 1.165) is 43.7 Å². The summed E-state index contributed by atoms with van der Waals surface area (Å²) in [4.78, 5) is 27.6. The lowest BCUT2D eigenvalue weighted by molar-refractivity contribution is -0.119.